The lowest BCUT2D eigenvalue weighted by atomic mass is 9.91. The predicted octanol–water partition coefficient (Wildman–Crippen LogP) is 1.58. The largest absolute Gasteiger partial charge is 0.329 e. The topological polar surface area (TPSA) is 32.5 Å². The molecule has 0 saturated carbocycles. The number of nitrogens with two attached hydrogens (primary N) is 1. The van der Waals surface area contributed by atoms with Gasteiger partial charge in [-0.15, -0.1) is 0 Å². The van der Waals surface area contributed by atoms with Gasteiger partial charge >= 0.3 is 0 Å². The van der Waals surface area contributed by atoms with Crippen LogP contribution in [0.2, 0.25) is 0 Å². The number of nitrogens with zero attached hydrogens (tertiary/aromatic N) is 2. The molecule has 1 atom stereocenters. The van der Waals surface area contributed by atoms with Crippen molar-refractivity contribution in [2.45, 2.75) is 18.9 Å². The van der Waals surface area contributed by atoms with Crippen molar-refractivity contribution in [3.8, 4) is 0 Å². The smallest absolute Gasteiger partial charge is 0.126 e. The number of hydrogen-bond donors (Lipinski definition) is 1. The lowest BCUT2D eigenvalue weighted by Gasteiger charge is -2.39. The van der Waals surface area contributed by atoms with Crippen LogP contribution in [0.15, 0.2) is 24.3 Å². The molecule has 0 heterocycles. The van der Waals surface area contributed by atoms with Gasteiger partial charge in [-0.2, -0.15) is 0 Å². The van der Waals surface area contributed by atoms with E-state index in [1.165, 1.54) is 6.07 Å². The molecule has 0 bridgehead atoms. The molecule has 1 aromatic rings. The van der Waals surface area contributed by atoms with Gasteiger partial charge in [0.15, 0.2) is 0 Å². The van der Waals surface area contributed by atoms with E-state index in [9.17, 15) is 4.39 Å². The summed E-state index contributed by atoms with van der Waals surface area (Å²) in [5.74, 6) is -0.150. The average Bonchev–Trinajstić information content (AvgIpc) is 2.38. The Labute approximate surface area is 116 Å². The fourth-order valence-electron chi connectivity index (χ4n) is 2.03. The first-order chi connectivity index (χ1) is 8.89. The van der Waals surface area contributed by atoms with Gasteiger partial charge in [0, 0.05) is 25.2 Å². The number of benzene rings is 1. The summed E-state index contributed by atoms with van der Waals surface area (Å²) in [5.41, 5.74) is 6.44. The molecule has 0 saturated heterocycles. The second kappa shape index (κ2) is 6.98. The van der Waals surface area contributed by atoms with Crippen LogP contribution in [0.3, 0.4) is 0 Å². The van der Waals surface area contributed by atoms with Crippen LogP contribution < -0.4 is 5.73 Å². The van der Waals surface area contributed by atoms with Crippen molar-refractivity contribution < 1.29 is 4.39 Å². The van der Waals surface area contributed by atoms with Gasteiger partial charge in [0.2, 0.25) is 0 Å². The first kappa shape index (κ1) is 16.1. The maximum absolute atomic E-state index is 13.8. The maximum Gasteiger partial charge on any atom is 0.126 e. The Bertz CT molecular complexity index is 395. The molecule has 3 nitrogen and oxygen atoms in total. The van der Waals surface area contributed by atoms with Crippen LogP contribution in [0.4, 0.5) is 4.39 Å². The van der Waals surface area contributed by atoms with E-state index < -0.39 is 0 Å². The van der Waals surface area contributed by atoms with Gasteiger partial charge in [-0.3, -0.25) is 4.90 Å². The number of hydrogen-bond acceptors (Lipinski definition) is 3. The minimum Gasteiger partial charge on any atom is -0.329 e. The van der Waals surface area contributed by atoms with Crippen molar-refractivity contribution in [1.82, 2.24) is 9.80 Å². The molecular weight excluding hydrogens is 241 g/mol. The molecule has 0 fully saturated rings. The summed E-state index contributed by atoms with van der Waals surface area (Å²) in [4.78, 5) is 4.36. The number of halogens is 1. The molecule has 0 aliphatic carbocycles. The van der Waals surface area contributed by atoms with E-state index in [2.05, 4.69) is 23.8 Å². The molecule has 4 heteroatoms. The Kier molecular flexibility index (Phi) is 5.91. The zero-order valence-electron chi connectivity index (χ0n) is 12.5. The fraction of sp³-hybridized carbons (Fsp3) is 0.600. The molecule has 0 aromatic heterocycles. The van der Waals surface area contributed by atoms with Gasteiger partial charge in [0.05, 0.1) is 0 Å². The molecule has 2 N–H and O–H groups in total. The molecule has 0 amide bonds. The van der Waals surface area contributed by atoms with Gasteiger partial charge in [0.25, 0.3) is 0 Å². The number of likely N-dealkylation sites (N-methyl/N-ethyl adjacent to an activating group) is 2. The number of rotatable bonds is 7. The SMILES string of the molecule is CN(C)CCN(C)C(C)(CN)Cc1ccccc1F. The van der Waals surface area contributed by atoms with Gasteiger partial charge < -0.3 is 10.6 Å². The van der Waals surface area contributed by atoms with E-state index in [4.69, 9.17) is 5.73 Å². The summed E-state index contributed by atoms with van der Waals surface area (Å²) in [6, 6.07) is 6.93. The molecule has 0 spiro atoms. The molecule has 1 aromatic carbocycles. The van der Waals surface area contributed by atoms with E-state index in [1.54, 1.807) is 6.07 Å². The van der Waals surface area contributed by atoms with E-state index in [1.807, 2.05) is 26.2 Å². The van der Waals surface area contributed by atoms with Crippen LogP contribution in [0.5, 0.6) is 0 Å². The summed E-state index contributed by atoms with van der Waals surface area (Å²) < 4.78 is 13.8. The lowest BCUT2D eigenvalue weighted by Crippen LogP contribution is -2.53. The summed E-state index contributed by atoms with van der Waals surface area (Å²) in [6.07, 6.45) is 0.625. The highest BCUT2D eigenvalue weighted by Crippen LogP contribution is 2.20. The van der Waals surface area contributed by atoms with Gasteiger partial charge in [-0.25, -0.2) is 4.39 Å². The van der Waals surface area contributed by atoms with Crippen molar-refractivity contribution in [2.75, 3.05) is 40.8 Å². The zero-order valence-corrected chi connectivity index (χ0v) is 12.5. The third-order valence-electron chi connectivity index (χ3n) is 3.77. The van der Waals surface area contributed by atoms with Gasteiger partial charge in [0.1, 0.15) is 5.82 Å². The standard InChI is InChI=1S/C15H26FN3/c1-15(12-17,19(4)10-9-18(2)3)11-13-7-5-6-8-14(13)16/h5-8H,9-12,17H2,1-4H3. The van der Waals surface area contributed by atoms with Crippen LogP contribution >= 0.6 is 0 Å². The molecule has 1 rings (SSSR count). The van der Waals surface area contributed by atoms with Crippen LogP contribution in [0.1, 0.15) is 12.5 Å². The highest BCUT2D eigenvalue weighted by molar-refractivity contribution is 5.20. The van der Waals surface area contributed by atoms with Crippen LogP contribution in [0.25, 0.3) is 0 Å². The Morgan fingerprint density at radius 3 is 2.32 bits per heavy atom. The highest BCUT2D eigenvalue weighted by Gasteiger charge is 2.28. The zero-order chi connectivity index (χ0) is 14.5. The summed E-state index contributed by atoms with van der Waals surface area (Å²) >= 11 is 0. The molecule has 1 unspecified atom stereocenters. The van der Waals surface area contributed by atoms with E-state index in [0.29, 0.717) is 13.0 Å². The fourth-order valence-corrected chi connectivity index (χ4v) is 2.03. The summed E-state index contributed by atoms with van der Waals surface area (Å²) in [5, 5.41) is 0. The quantitative estimate of drug-likeness (QED) is 0.814. The summed E-state index contributed by atoms with van der Waals surface area (Å²) in [6.45, 7) is 4.47. The molecule has 19 heavy (non-hydrogen) atoms. The lowest BCUT2D eigenvalue weighted by molar-refractivity contribution is 0.132. The average molecular weight is 267 g/mol. The Morgan fingerprint density at radius 2 is 1.79 bits per heavy atom. The van der Waals surface area contributed by atoms with E-state index in [0.717, 1.165) is 18.7 Å². The molecular formula is C15H26FN3. The Balaban J connectivity index is 2.77. The van der Waals surface area contributed by atoms with Crippen LogP contribution in [-0.4, -0.2) is 56.1 Å². The second-order valence-electron chi connectivity index (χ2n) is 5.69. The minimum absolute atomic E-state index is 0.150. The third-order valence-corrected chi connectivity index (χ3v) is 3.77. The first-order valence-corrected chi connectivity index (χ1v) is 6.68. The second-order valence-corrected chi connectivity index (χ2v) is 5.69. The monoisotopic (exact) mass is 267 g/mol. The Hall–Kier alpha value is -0.970. The third kappa shape index (κ3) is 4.56. The summed E-state index contributed by atoms with van der Waals surface area (Å²) in [7, 11) is 6.15. The molecule has 0 aliphatic heterocycles. The first-order valence-electron chi connectivity index (χ1n) is 6.68. The van der Waals surface area contributed by atoms with Crippen molar-refractivity contribution in [2.24, 2.45) is 5.73 Å². The van der Waals surface area contributed by atoms with Crippen LogP contribution in [0, 0.1) is 5.82 Å². The normalized spacial score (nSPS) is 14.9. The van der Waals surface area contributed by atoms with E-state index >= 15 is 0 Å². The predicted molar refractivity (Wildman–Crippen MR) is 78.7 cm³/mol. The van der Waals surface area contributed by atoms with Crippen molar-refractivity contribution in [3.05, 3.63) is 35.6 Å². The Morgan fingerprint density at radius 1 is 1.16 bits per heavy atom. The highest BCUT2D eigenvalue weighted by atomic mass is 19.1. The molecule has 108 valence electrons. The molecule has 0 radical (unpaired) electrons. The molecule has 0 aliphatic rings. The van der Waals surface area contributed by atoms with Crippen molar-refractivity contribution >= 4 is 0 Å². The van der Waals surface area contributed by atoms with Gasteiger partial charge in [-0.1, -0.05) is 18.2 Å². The maximum atomic E-state index is 13.8. The van der Waals surface area contributed by atoms with Crippen molar-refractivity contribution in [1.29, 1.82) is 0 Å². The van der Waals surface area contributed by atoms with Crippen LogP contribution in [-0.2, 0) is 6.42 Å². The minimum atomic E-state index is -0.224. The van der Waals surface area contributed by atoms with E-state index in [-0.39, 0.29) is 11.4 Å². The van der Waals surface area contributed by atoms with Gasteiger partial charge in [-0.05, 0) is 46.1 Å². The van der Waals surface area contributed by atoms with Crippen molar-refractivity contribution in [3.63, 3.8) is 0 Å².